The summed E-state index contributed by atoms with van der Waals surface area (Å²) in [5, 5.41) is 1.16. The topological polar surface area (TPSA) is 136 Å². The van der Waals surface area contributed by atoms with Crippen LogP contribution in [0.1, 0.15) is 50.8 Å². The monoisotopic (exact) mass is 609 g/mol. The number of hydrogen-bond acceptors (Lipinski definition) is 9. The lowest BCUT2D eigenvalue weighted by molar-refractivity contribution is 0.176. The van der Waals surface area contributed by atoms with Crippen LogP contribution < -0.4 is 20.9 Å². The fraction of sp³-hybridized carbons (Fsp3) is 0.379. The lowest BCUT2D eigenvalue weighted by Gasteiger charge is -2.44. The Balaban J connectivity index is 1.19. The second-order valence-electron chi connectivity index (χ2n) is 11.7. The van der Waals surface area contributed by atoms with Crippen molar-refractivity contribution in [1.29, 1.82) is 0 Å². The van der Waals surface area contributed by atoms with Gasteiger partial charge >= 0.3 is 0 Å². The third-order valence-corrected chi connectivity index (χ3v) is 11.2. The number of piperidine rings is 1. The van der Waals surface area contributed by atoms with E-state index in [1.807, 2.05) is 20.8 Å². The van der Waals surface area contributed by atoms with E-state index in [1.54, 1.807) is 18.3 Å². The minimum absolute atomic E-state index is 0.0185. The molecular formula is C29H32ClN7O2S2. The number of anilines is 2. The molecule has 1 spiro atoms. The van der Waals surface area contributed by atoms with E-state index in [2.05, 4.69) is 53.8 Å². The van der Waals surface area contributed by atoms with Gasteiger partial charge < -0.3 is 20.2 Å². The molecular weight excluding hydrogens is 578 g/mol. The summed E-state index contributed by atoms with van der Waals surface area (Å²) in [7, 11) is 0. The highest BCUT2D eigenvalue weighted by atomic mass is 35.5. The van der Waals surface area contributed by atoms with Gasteiger partial charge in [-0.3, -0.25) is 4.79 Å². The summed E-state index contributed by atoms with van der Waals surface area (Å²) in [4.78, 5) is 31.2. The Labute approximate surface area is 251 Å². The van der Waals surface area contributed by atoms with Crippen molar-refractivity contribution in [2.24, 2.45) is 5.41 Å². The normalized spacial score (nSPS) is 19.0. The van der Waals surface area contributed by atoms with E-state index in [9.17, 15) is 9.35 Å². The molecule has 2 aliphatic rings. The molecule has 1 fully saturated rings. The highest BCUT2D eigenvalue weighted by Crippen LogP contribution is 2.53. The van der Waals surface area contributed by atoms with Crippen molar-refractivity contribution < 1.29 is 4.55 Å². The Hall–Kier alpha value is -2.83. The fourth-order valence-corrected chi connectivity index (χ4v) is 7.90. The van der Waals surface area contributed by atoms with Crippen LogP contribution in [0, 0.1) is 5.41 Å². The molecule has 0 amide bonds. The molecule has 1 saturated heterocycles. The summed E-state index contributed by atoms with van der Waals surface area (Å²) in [6.45, 7) is 7.59. The van der Waals surface area contributed by atoms with Crippen molar-refractivity contribution in [3.63, 3.8) is 0 Å². The third kappa shape index (κ3) is 5.30. The van der Waals surface area contributed by atoms with E-state index >= 15 is 0 Å². The van der Waals surface area contributed by atoms with Crippen molar-refractivity contribution in [1.82, 2.24) is 24.7 Å². The Morgan fingerprint density at radius 3 is 2.68 bits per heavy atom. The summed E-state index contributed by atoms with van der Waals surface area (Å²) in [6, 6.07) is 12.1. The summed E-state index contributed by atoms with van der Waals surface area (Å²) >= 11 is 6.65. The van der Waals surface area contributed by atoms with Gasteiger partial charge in [-0.05, 0) is 63.3 Å². The lowest BCUT2D eigenvalue weighted by atomic mass is 9.73. The van der Waals surface area contributed by atoms with Crippen LogP contribution in [0.4, 0.5) is 11.6 Å². The molecule has 2 atom stereocenters. The van der Waals surface area contributed by atoms with Crippen molar-refractivity contribution >= 4 is 57.3 Å². The van der Waals surface area contributed by atoms with E-state index in [-0.39, 0.29) is 21.8 Å². The molecule has 1 aliphatic carbocycles. The molecule has 0 saturated carbocycles. The average molecular weight is 610 g/mol. The van der Waals surface area contributed by atoms with Gasteiger partial charge in [0.25, 0.3) is 5.56 Å². The minimum Gasteiger partial charge on any atom is -0.598 e. The highest BCUT2D eigenvalue weighted by molar-refractivity contribution is 7.99. The number of aromatic amines is 1. The average Bonchev–Trinajstić information content (AvgIpc) is 3.23. The number of nitrogens with zero attached hydrogens (tertiary/aromatic N) is 4. The molecule has 4 aromatic rings. The number of halogens is 1. The molecule has 0 bridgehead atoms. The molecule has 6 rings (SSSR count). The number of nitrogen functional groups attached to an aromatic ring is 1. The number of H-pyrrole nitrogens is 1. The van der Waals surface area contributed by atoms with Crippen LogP contribution in [-0.2, 0) is 17.8 Å². The number of benzene rings is 2. The second kappa shape index (κ2) is 10.8. The van der Waals surface area contributed by atoms with Gasteiger partial charge in [-0.25, -0.2) is 15.0 Å². The first kappa shape index (κ1) is 28.3. The van der Waals surface area contributed by atoms with Gasteiger partial charge in [0.05, 0.1) is 34.5 Å². The molecule has 2 aromatic heterocycles. The van der Waals surface area contributed by atoms with Crippen LogP contribution in [0.3, 0.4) is 0 Å². The van der Waals surface area contributed by atoms with E-state index in [1.165, 1.54) is 29.2 Å². The van der Waals surface area contributed by atoms with E-state index < -0.39 is 11.4 Å². The maximum Gasteiger partial charge on any atom is 0.260 e. The Kier molecular flexibility index (Phi) is 7.44. The summed E-state index contributed by atoms with van der Waals surface area (Å²) < 4.78 is 16.3. The molecule has 0 radical (unpaired) electrons. The van der Waals surface area contributed by atoms with Crippen molar-refractivity contribution in [3.8, 4) is 0 Å². The van der Waals surface area contributed by atoms with Crippen LogP contribution in [0.25, 0.3) is 10.9 Å². The first-order chi connectivity index (χ1) is 19.6. The SMILES string of the molecule is CC(C)(C)[S+]([O-])N[C@@H]1c2ccccc2CC12CCN(c1cnc(Sc3ccc4nc[nH]c(=O)c4c3Cl)c(N)n1)CC2. The first-order valence-corrected chi connectivity index (χ1v) is 15.9. The summed E-state index contributed by atoms with van der Waals surface area (Å²) in [5.74, 6) is 1.03. The van der Waals surface area contributed by atoms with Gasteiger partial charge in [0.15, 0.2) is 5.82 Å². The summed E-state index contributed by atoms with van der Waals surface area (Å²) in [6.07, 6.45) is 5.91. The largest absolute Gasteiger partial charge is 0.598 e. The molecule has 4 N–H and O–H groups in total. The predicted molar refractivity (Wildman–Crippen MR) is 166 cm³/mol. The van der Waals surface area contributed by atoms with Gasteiger partial charge in [0.2, 0.25) is 0 Å². The quantitative estimate of drug-likeness (QED) is 0.266. The van der Waals surface area contributed by atoms with Gasteiger partial charge in [-0.2, -0.15) is 0 Å². The third-order valence-electron chi connectivity index (χ3n) is 8.05. The second-order valence-corrected chi connectivity index (χ2v) is 15.1. The number of aromatic nitrogens is 4. The zero-order chi connectivity index (χ0) is 28.9. The van der Waals surface area contributed by atoms with Crippen molar-refractivity contribution in [2.75, 3.05) is 23.7 Å². The highest BCUT2D eigenvalue weighted by Gasteiger charge is 2.50. The minimum atomic E-state index is -1.18. The van der Waals surface area contributed by atoms with Crippen LogP contribution in [0.5, 0.6) is 0 Å². The maximum absolute atomic E-state index is 13.2. The predicted octanol–water partition coefficient (Wildman–Crippen LogP) is 5.04. The molecule has 1 unspecified atom stereocenters. The van der Waals surface area contributed by atoms with Gasteiger partial charge in [-0.15, -0.1) is 4.72 Å². The van der Waals surface area contributed by atoms with Crippen LogP contribution in [0.2, 0.25) is 5.02 Å². The molecule has 3 heterocycles. The van der Waals surface area contributed by atoms with Crippen molar-refractivity contribution in [2.45, 2.75) is 60.7 Å². The first-order valence-electron chi connectivity index (χ1n) is 13.5. The zero-order valence-electron chi connectivity index (χ0n) is 23.1. The van der Waals surface area contributed by atoms with Gasteiger partial charge in [0, 0.05) is 34.8 Å². The Morgan fingerprint density at radius 2 is 1.95 bits per heavy atom. The van der Waals surface area contributed by atoms with Crippen LogP contribution in [-0.4, -0.2) is 42.3 Å². The number of hydrogen-bond donors (Lipinski definition) is 3. The Morgan fingerprint density at radius 1 is 1.20 bits per heavy atom. The maximum atomic E-state index is 13.2. The summed E-state index contributed by atoms with van der Waals surface area (Å²) in [5.41, 5.74) is 9.17. The van der Waals surface area contributed by atoms with E-state index in [0.717, 1.165) is 38.2 Å². The number of nitrogens with two attached hydrogens (primary N) is 1. The molecule has 9 nitrogen and oxygen atoms in total. The van der Waals surface area contributed by atoms with Gasteiger partial charge in [0.1, 0.15) is 15.6 Å². The number of rotatable bonds is 5. The standard InChI is InChI=1S/C29H32ClN7O2S2/c1-28(2,3)41(39)36-24-18-7-5-4-6-17(18)14-29(24)10-12-37(13-11-29)21-15-32-27(25(31)35-21)40-20-9-8-19-22(23(20)30)26(38)34-16-33-19/h4-9,15-16,24,36H,10-14H2,1-3H3,(H2,31,35)(H,33,34,38)/t24-,41?/m1/s1. The lowest BCUT2D eigenvalue weighted by Crippen LogP contribution is -2.49. The molecule has 1 aliphatic heterocycles. The van der Waals surface area contributed by atoms with Crippen molar-refractivity contribution in [3.05, 3.63) is 75.4 Å². The molecule has 12 heteroatoms. The molecule has 2 aromatic carbocycles. The zero-order valence-corrected chi connectivity index (χ0v) is 25.5. The van der Waals surface area contributed by atoms with Crippen LogP contribution in [0.15, 0.2) is 63.6 Å². The van der Waals surface area contributed by atoms with E-state index in [0.29, 0.717) is 31.7 Å². The fourth-order valence-electron chi connectivity index (χ4n) is 5.81. The number of fused-ring (bicyclic) bond motifs is 2. The van der Waals surface area contributed by atoms with Gasteiger partial charge in [-0.1, -0.05) is 47.6 Å². The Bertz CT molecular complexity index is 1670. The number of nitrogens with one attached hydrogen (secondary N) is 2. The van der Waals surface area contributed by atoms with Crippen LogP contribution >= 0.6 is 23.4 Å². The van der Waals surface area contributed by atoms with E-state index in [4.69, 9.17) is 17.3 Å². The molecule has 214 valence electrons. The smallest absolute Gasteiger partial charge is 0.260 e. The molecule has 41 heavy (non-hydrogen) atoms.